The minimum atomic E-state index is -0.402. The zero-order valence-corrected chi connectivity index (χ0v) is 19.4. The average molecular weight is 475 g/mol. The van der Waals surface area contributed by atoms with Crippen molar-refractivity contribution in [3.63, 3.8) is 0 Å². The van der Waals surface area contributed by atoms with E-state index in [2.05, 4.69) is 40.7 Å². The average Bonchev–Trinajstić information content (AvgIpc) is 3.38. The van der Waals surface area contributed by atoms with Gasteiger partial charge in [0.2, 0.25) is 0 Å². The first kappa shape index (κ1) is 21.8. The third-order valence-electron chi connectivity index (χ3n) is 4.53. The highest BCUT2D eigenvalue weighted by atomic mass is 35.5. The van der Waals surface area contributed by atoms with Gasteiger partial charge in [-0.2, -0.15) is 0 Å². The molecule has 0 N–H and O–H groups in total. The number of aryl methyl sites for hydroxylation is 1. The van der Waals surface area contributed by atoms with E-state index in [1.54, 1.807) is 23.1 Å². The van der Waals surface area contributed by atoms with Gasteiger partial charge in [-0.05, 0) is 38.1 Å². The van der Waals surface area contributed by atoms with Gasteiger partial charge < -0.3 is 9.30 Å². The molecule has 0 unspecified atom stereocenters. The Bertz CT molecular complexity index is 1190. The molecular weight excluding hydrogens is 455 g/mol. The van der Waals surface area contributed by atoms with E-state index in [4.69, 9.17) is 21.3 Å². The molecule has 0 aliphatic heterocycles. The van der Waals surface area contributed by atoms with Crippen LogP contribution in [0.5, 0.6) is 5.75 Å². The smallest absolute Gasteiger partial charge is 0.191 e. The summed E-state index contributed by atoms with van der Waals surface area (Å²) in [6, 6.07) is 12.4. The van der Waals surface area contributed by atoms with Crippen molar-refractivity contribution in [3.05, 3.63) is 75.8 Å². The number of aromatic nitrogens is 4. The molecular formula is C22H20ClFN4OS2. The summed E-state index contributed by atoms with van der Waals surface area (Å²) in [5.41, 5.74) is 3.36. The number of ether oxygens (including phenoxy) is 1. The van der Waals surface area contributed by atoms with E-state index in [0.717, 1.165) is 21.4 Å². The minimum absolute atomic E-state index is 0.195. The molecule has 4 aromatic rings. The molecule has 9 heteroatoms. The summed E-state index contributed by atoms with van der Waals surface area (Å²) >= 11 is 9.26. The van der Waals surface area contributed by atoms with Gasteiger partial charge in [-0.15, -0.1) is 21.5 Å². The molecule has 0 saturated heterocycles. The first-order valence-corrected chi connectivity index (χ1v) is 11.9. The van der Waals surface area contributed by atoms with Gasteiger partial charge in [0.15, 0.2) is 11.0 Å². The number of hydrogen-bond donors (Lipinski definition) is 0. The molecule has 2 aromatic heterocycles. The van der Waals surface area contributed by atoms with Crippen molar-refractivity contribution in [1.82, 2.24) is 19.7 Å². The zero-order valence-electron chi connectivity index (χ0n) is 17.0. The Labute approximate surface area is 193 Å². The van der Waals surface area contributed by atoms with Gasteiger partial charge >= 0.3 is 0 Å². The monoisotopic (exact) mass is 474 g/mol. The van der Waals surface area contributed by atoms with Crippen LogP contribution >= 0.6 is 34.7 Å². The predicted molar refractivity (Wildman–Crippen MR) is 123 cm³/mol. The summed E-state index contributed by atoms with van der Waals surface area (Å²) in [4.78, 5) is 4.76. The maximum absolute atomic E-state index is 13.2. The topological polar surface area (TPSA) is 52.8 Å². The van der Waals surface area contributed by atoms with Gasteiger partial charge in [-0.3, -0.25) is 0 Å². The van der Waals surface area contributed by atoms with Crippen molar-refractivity contribution in [2.45, 2.75) is 37.9 Å². The Morgan fingerprint density at radius 1 is 1.19 bits per heavy atom. The van der Waals surface area contributed by atoms with Crippen molar-refractivity contribution in [2.75, 3.05) is 0 Å². The molecule has 4 rings (SSSR count). The lowest BCUT2D eigenvalue weighted by Gasteiger charge is -2.09. The molecule has 0 amide bonds. The second-order valence-electron chi connectivity index (χ2n) is 6.81. The lowest BCUT2D eigenvalue weighted by Crippen LogP contribution is -2.07. The highest BCUT2D eigenvalue weighted by molar-refractivity contribution is 7.98. The van der Waals surface area contributed by atoms with Crippen LogP contribution in [0.1, 0.15) is 24.0 Å². The number of halogens is 2. The second-order valence-corrected chi connectivity index (χ2v) is 9.02. The molecule has 0 aliphatic carbocycles. The summed E-state index contributed by atoms with van der Waals surface area (Å²) in [7, 11) is 0. The number of thioether (sulfide) groups is 1. The molecule has 0 bridgehead atoms. The van der Waals surface area contributed by atoms with Crippen LogP contribution in [-0.2, 0) is 18.9 Å². The summed E-state index contributed by atoms with van der Waals surface area (Å²) in [5.74, 6) is 1.39. The van der Waals surface area contributed by atoms with Gasteiger partial charge in [0, 0.05) is 23.2 Å². The highest BCUT2D eigenvalue weighted by Crippen LogP contribution is 2.29. The van der Waals surface area contributed by atoms with Crippen LogP contribution < -0.4 is 4.74 Å². The van der Waals surface area contributed by atoms with Gasteiger partial charge in [-0.25, -0.2) is 9.37 Å². The van der Waals surface area contributed by atoms with Crippen LogP contribution in [0.2, 0.25) is 5.02 Å². The van der Waals surface area contributed by atoms with Gasteiger partial charge in [-0.1, -0.05) is 47.1 Å². The fourth-order valence-electron chi connectivity index (χ4n) is 3.01. The fraction of sp³-hybridized carbons (Fsp3) is 0.227. The van der Waals surface area contributed by atoms with Crippen molar-refractivity contribution in [2.24, 2.45) is 0 Å². The third-order valence-corrected chi connectivity index (χ3v) is 6.76. The molecule has 0 radical (unpaired) electrons. The quantitative estimate of drug-likeness (QED) is 0.277. The highest BCUT2D eigenvalue weighted by Gasteiger charge is 2.14. The second kappa shape index (κ2) is 9.80. The molecule has 0 aliphatic rings. The molecule has 2 heterocycles. The van der Waals surface area contributed by atoms with E-state index in [9.17, 15) is 4.39 Å². The number of rotatable bonds is 8. The van der Waals surface area contributed by atoms with Gasteiger partial charge in [0.05, 0.1) is 10.7 Å². The van der Waals surface area contributed by atoms with E-state index in [-0.39, 0.29) is 11.6 Å². The SMILES string of the molecule is CCn1c(COc2ccc(F)cc2Cl)nnc1SCc1csc(-c2cccc(C)c2)n1. The first-order chi connectivity index (χ1) is 15.0. The van der Waals surface area contributed by atoms with Crippen LogP contribution in [0.4, 0.5) is 4.39 Å². The van der Waals surface area contributed by atoms with Crippen LogP contribution in [-0.4, -0.2) is 19.7 Å². The maximum atomic E-state index is 13.2. The van der Waals surface area contributed by atoms with E-state index >= 15 is 0 Å². The van der Waals surface area contributed by atoms with Crippen LogP contribution in [0.15, 0.2) is 53.0 Å². The molecule has 0 atom stereocenters. The standard InChI is InChI=1S/C22H20ClFN4OS2/c1-3-28-20(11-29-19-8-7-16(24)10-18(19)23)26-27-22(28)31-13-17-12-30-21(25-17)15-6-4-5-14(2)9-15/h4-10,12H,3,11,13H2,1-2H3. The van der Waals surface area contributed by atoms with Gasteiger partial charge in [0.25, 0.3) is 0 Å². The van der Waals surface area contributed by atoms with Crippen LogP contribution in [0.3, 0.4) is 0 Å². The van der Waals surface area contributed by atoms with Crippen LogP contribution in [0, 0.1) is 12.7 Å². The Kier molecular flexibility index (Phi) is 6.89. The molecule has 0 saturated carbocycles. The summed E-state index contributed by atoms with van der Waals surface area (Å²) in [6.45, 7) is 5.01. The fourth-order valence-corrected chi connectivity index (χ4v) is 5.06. The molecule has 5 nitrogen and oxygen atoms in total. The molecule has 160 valence electrons. The Hall–Kier alpha value is -2.42. The largest absolute Gasteiger partial charge is 0.484 e. The van der Waals surface area contributed by atoms with Crippen molar-refractivity contribution in [1.29, 1.82) is 0 Å². The van der Waals surface area contributed by atoms with E-state index < -0.39 is 5.82 Å². The number of thiazole rings is 1. The Balaban J connectivity index is 1.41. The number of benzene rings is 2. The van der Waals surface area contributed by atoms with E-state index in [1.807, 2.05) is 17.6 Å². The van der Waals surface area contributed by atoms with Crippen molar-refractivity contribution < 1.29 is 9.13 Å². The maximum Gasteiger partial charge on any atom is 0.191 e. The number of nitrogens with zero attached hydrogens (tertiary/aromatic N) is 4. The molecule has 0 fully saturated rings. The summed E-state index contributed by atoms with van der Waals surface area (Å²) in [6.07, 6.45) is 0. The Morgan fingerprint density at radius 2 is 2.06 bits per heavy atom. The number of hydrogen-bond acceptors (Lipinski definition) is 6. The lowest BCUT2D eigenvalue weighted by atomic mass is 10.1. The molecule has 31 heavy (non-hydrogen) atoms. The van der Waals surface area contributed by atoms with Crippen LogP contribution in [0.25, 0.3) is 10.6 Å². The summed E-state index contributed by atoms with van der Waals surface area (Å²) in [5, 5.41) is 12.7. The lowest BCUT2D eigenvalue weighted by molar-refractivity contribution is 0.288. The Morgan fingerprint density at radius 3 is 2.84 bits per heavy atom. The molecule has 2 aromatic carbocycles. The van der Waals surface area contributed by atoms with Gasteiger partial charge in [0.1, 0.15) is 23.2 Å². The third kappa shape index (κ3) is 5.26. The van der Waals surface area contributed by atoms with Crippen molar-refractivity contribution >= 4 is 34.7 Å². The summed E-state index contributed by atoms with van der Waals surface area (Å²) < 4.78 is 20.9. The normalized spacial score (nSPS) is 11.1. The molecule has 0 spiro atoms. The van der Waals surface area contributed by atoms with E-state index in [0.29, 0.717) is 23.9 Å². The van der Waals surface area contributed by atoms with Crippen molar-refractivity contribution in [3.8, 4) is 16.3 Å². The van der Waals surface area contributed by atoms with E-state index in [1.165, 1.54) is 23.8 Å². The first-order valence-electron chi connectivity index (χ1n) is 9.67. The zero-order chi connectivity index (χ0) is 21.8. The predicted octanol–water partition coefficient (Wildman–Crippen LogP) is 6.39. The minimum Gasteiger partial charge on any atom is -0.484 e.